The molecule has 0 atom stereocenters. The van der Waals surface area contributed by atoms with Crippen LogP contribution in [0.3, 0.4) is 0 Å². The van der Waals surface area contributed by atoms with Gasteiger partial charge in [0.15, 0.2) is 0 Å². The Labute approximate surface area is 235 Å². The Morgan fingerprint density at radius 1 is 0.846 bits per heavy atom. The van der Waals surface area contributed by atoms with E-state index in [1.807, 2.05) is 13.8 Å². The van der Waals surface area contributed by atoms with Gasteiger partial charge in [0.25, 0.3) is 11.8 Å². The quantitative estimate of drug-likeness (QED) is 0.122. The molecule has 0 aliphatic heterocycles. The summed E-state index contributed by atoms with van der Waals surface area (Å²) in [6.07, 6.45) is 3.12. The fraction of sp³-hybridized carbons (Fsp3) is 0.241. The van der Waals surface area contributed by atoms with Crippen LogP contribution in [0.5, 0.6) is 17.2 Å². The van der Waals surface area contributed by atoms with Crippen molar-refractivity contribution >= 4 is 39.9 Å². The molecule has 204 valence electrons. The third-order valence-electron chi connectivity index (χ3n) is 5.13. The molecule has 0 unspecified atom stereocenters. The molecule has 10 heteroatoms. The van der Waals surface area contributed by atoms with E-state index in [1.54, 1.807) is 66.7 Å². The maximum Gasteiger partial charge on any atom is 0.343 e. The Kier molecular flexibility index (Phi) is 11.5. The van der Waals surface area contributed by atoms with Gasteiger partial charge in [-0.25, -0.2) is 10.2 Å². The molecule has 0 spiro atoms. The monoisotopic (exact) mass is 595 g/mol. The van der Waals surface area contributed by atoms with Gasteiger partial charge in [0.1, 0.15) is 17.2 Å². The van der Waals surface area contributed by atoms with Gasteiger partial charge in [-0.3, -0.25) is 9.59 Å². The number of ether oxygens (including phenoxy) is 3. The summed E-state index contributed by atoms with van der Waals surface area (Å²) in [5, 5.41) is 6.47. The lowest BCUT2D eigenvalue weighted by molar-refractivity contribution is -0.120. The summed E-state index contributed by atoms with van der Waals surface area (Å²) >= 11 is 3.38. The van der Waals surface area contributed by atoms with Gasteiger partial charge in [0, 0.05) is 15.6 Å². The number of nitrogens with one attached hydrogen (secondary N) is 2. The normalized spacial score (nSPS) is 10.6. The lowest BCUT2D eigenvalue weighted by Crippen LogP contribution is -2.34. The molecule has 0 saturated heterocycles. The Morgan fingerprint density at radius 2 is 1.44 bits per heavy atom. The van der Waals surface area contributed by atoms with E-state index in [2.05, 4.69) is 31.8 Å². The van der Waals surface area contributed by atoms with E-state index in [4.69, 9.17) is 14.2 Å². The topological polar surface area (TPSA) is 115 Å². The molecule has 0 saturated carbocycles. The van der Waals surface area contributed by atoms with Gasteiger partial charge in [-0.1, -0.05) is 29.8 Å². The second kappa shape index (κ2) is 15.3. The number of benzene rings is 3. The van der Waals surface area contributed by atoms with Crippen LogP contribution in [-0.2, 0) is 4.79 Å². The largest absolute Gasteiger partial charge is 0.494 e. The van der Waals surface area contributed by atoms with Crippen LogP contribution >= 0.6 is 15.9 Å². The Balaban J connectivity index is 1.53. The molecule has 0 aliphatic rings. The molecule has 0 radical (unpaired) electrons. The van der Waals surface area contributed by atoms with Gasteiger partial charge in [-0.05, 0) is 79.6 Å². The molecule has 0 aliphatic carbocycles. The molecule has 3 aromatic rings. The molecule has 0 fully saturated rings. The van der Waals surface area contributed by atoms with Crippen molar-refractivity contribution in [3.8, 4) is 17.2 Å². The first-order chi connectivity index (χ1) is 18.9. The SMILES string of the molecule is CCCOc1ccc(C(=O)NCC(=O)NN=Cc2cc(Br)ccc2OC(=O)c2ccc(OCCC)cc2)cc1. The van der Waals surface area contributed by atoms with Gasteiger partial charge in [0.2, 0.25) is 0 Å². The van der Waals surface area contributed by atoms with Crippen molar-refractivity contribution in [2.45, 2.75) is 26.7 Å². The molecular weight excluding hydrogens is 566 g/mol. The molecule has 2 amide bonds. The number of nitrogens with zero attached hydrogens (tertiary/aromatic N) is 1. The highest BCUT2D eigenvalue weighted by atomic mass is 79.9. The van der Waals surface area contributed by atoms with Crippen molar-refractivity contribution in [2.75, 3.05) is 19.8 Å². The van der Waals surface area contributed by atoms with E-state index in [0.29, 0.717) is 41.4 Å². The minimum absolute atomic E-state index is 0.257. The first-order valence-corrected chi connectivity index (χ1v) is 13.3. The van der Waals surface area contributed by atoms with E-state index in [1.165, 1.54) is 6.21 Å². The summed E-state index contributed by atoms with van der Waals surface area (Å²) in [5.41, 5.74) is 3.56. The summed E-state index contributed by atoms with van der Waals surface area (Å²) < 4.78 is 17.3. The number of hydrazone groups is 1. The average Bonchev–Trinajstić information content (AvgIpc) is 2.95. The molecule has 2 N–H and O–H groups in total. The van der Waals surface area contributed by atoms with Crippen molar-refractivity contribution in [1.82, 2.24) is 10.7 Å². The highest BCUT2D eigenvalue weighted by molar-refractivity contribution is 9.10. The summed E-state index contributed by atoms with van der Waals surface area (Å²) in [6.45, 7) is 4.94. The van der Waals surface area contributed by atoms with Gasteiger partial charge in [0.05, 0.1) is 31.5 Å². The van der Waals surface area contributed by atoms with Crippen molar-refractivity contribution < 1.29 is 28.6 Å². The van der Waals surface area contributed by atoms with E-state index < -0.39 is 17.8 Å². The van der Waals surface area contributed by atoms with Crippen molar-refractivity contribution in [1.29, 1.82) is 0 Å². The fourth-order valence-corrected chi connectivity index (χ4v) is 3.56. The molecule has 3 rings (SSSR count). The van der Waals surface area contributed by atoms with Gasteiger partial charge in [-0.15, -0.1) is 0 Å². The molecule has 3 aromatic carbocycles. The maximum absolute atomic E-state index is 12.7. The second-order valence-electron chi connectivity index (χ2n) is 8.29. The van der Waals surface area contributed by atoms with E-state index in [-0.39, 0.29) is 12.3 Å². The Bertz CT molecular complexity index is 1290. The Morgan fingerprint density at radius 3 is 2.03 bits per heavy atom. The van der Waals surface area contributed by atoms with Crippen molar-refractivity contribution in [3.05, 3.63) is 87.9 Å². The summed E-state index contributed by atoms with van der Waals surface area (Å²) in [4.78, 5) is 37.1. The number of rotatable bonds is 13. The number of esters is 1. The van der Waals surface area contributed by atoms with Crippen LogP contribution in [0.25, 0.3) is 0 Å². The summed E-state index contributed by atoms with van der Waals surface area (Å²) in [5.74, 6) is 0.126. The number of halogens is 1. The lowest BCUT2D eigenvalue weighted by Gasteiger charge is -2.09. The van der Waals surface area contributed by atoms with Crippen LogP contribution in [0.2, 0.25) is 0 Å². The third-order valence-corrected chi connectivity index (χ3v) is 5.62. The highest BCUT2D eigenvalue weighted by Crippen LogP contribution is 2.23. The predicted octanol–water partition coefficient (Wildman–Crippen LogP) is 5.13. The summed E-state index contributed by atoms with van der Waals surface area (Å²) in [7, 11) is 0. The third kappa shape index (κ3) is 9.57. The molecule has 39 heavy (non-hydrogen) atoms. The number of hydrogen-bond acceptors (Lipinski definition) is 7. The van der Waals surface area contributed by atoms with E-state index in [9.17, 15) is 14.4 Å². The van der Waals surface area contributed by atoms with Gasteiger partial charge in [-0.2, -0.15) is 5.10 Å². The zero-order valence-electron chi connectivity index (χ0n) is 21.7. The zero-order valence-corrected chi connectivity index (χ0v) is 23.3. The first-order valence-electron chi connectivity index (χ1n) is 12.5. The second-order valence-corrected chi connectivity index (χ2v) is 9.21. The molecular formula is C29H30BrN3O6. The molecule has 0 bridgehead atoms. The molecule has 0 heterocycles. The van der Waals surface area contributed by atoms with Crippen LogP contribution in [0.1, 0.15) is 53.0 Å². The van der Waals surface area contributed by atoms with Crippen LogP contribution in [0.15, 0.2) is 76.3 Å². The molecule has 0 aromatic heterocycles. The standard InChI is InChI=1S/C29H30BrN3O6/c1-3-15-37-24-10-5-20(6-11-24)28(35)31-19-27(34)33-32-18-22-17-23(30)9-14-26(22)39-29(36)21-7-12-25(13-8-21)38-16-4-2/h5-14,17-18H,3-4,15-16,19H2,1-2H3,(H,31,35)(H,33,34). The smallest absolute Gasteiger partial charge is 0.343 e. The Hall–Kier alpha value is -4.18. The van der Waals surface area contributed by atoms with Crippen molar-refractivity contribution in [3.63, 3.8) is 0 Å². The minimum Gasteiger partial charge on any atom is -0.494 e. The number of carbonyl (C=O) groups excluding carboxylic acids is 3. The number of carbonyl (C=O) groups is 3. The van der Waals surface area contributed by atoms with E-state index in [0.717, 1.165) is 17.3 Å². The van der Waals surface area contributed by atoms with Gasteiger partial charge < -0.3 is 19.5 Å². The van der Waals surface area contributed by atoms with Gasteiger partial charge >= 0.3 is 5.97 Å². The first kappa shape index (κ1) is 29.4. The van der Waals surface area contributed by atoms with E-state index >= 15 is 0 Å². The fourth-order valence-electron chi connectivity index (χ4n) is 3.18. The minimum atomic E-state index is -0.550. The predicted molar refractivity (Wildman–Crippen MR) is 152 cm³/mol. The summed E-state index contributed by atoms with van der Waals surface area (Å²) in [6, 6.07) is 18.4. The van der Waals surface area contributed by atoms with Crippen LogP contribution < -0.4 is 25.0 Å². The zero-order chi connectivity index (χ0) is 28.0. The number of amides is 2. The maximum atomic E-state index is 12.7. The van der Waals surface area contributed by atoms with Crippen LogP contribution in [0.4, 0.5) is 0 Å². The van der Waals surface area contributed by atoms with Crippen molar-refractivity contribution in [2.24, 2.45) is 5.10 Å². The van der Waals surface area contributed by atoms with Crippen LogP contribution in [0, 0.1) is 0 Å². The molecule has 9 nitrogen and oxygen atoms in total. The highest BCUT2D eigenvalue weighted by Gasteiger charge is 2.13. The average molecular weight is 596 g/mol. The number of hydrogen-bond donors (Lipinski definition) is 2. The lowest BCUT2D eigenvalue weighted by atomic mass is 10.2. The van der Waals surface area contributed by atoms with Crippen LogP contribution in [-0.4, -0.2) is 43.8 Å².